The molecular weight excluding hydrogens is 266 g/mol. The zero-order valence-corrected chi connectivity index (χ0v) is 13.1. The van der Waals surface area contributed by atoms with Crippen molar-refractivity contribution < 1.29 is 9.90 Å². The van der Waals surface area contributed by atoms with Crippen LogP contribution in [0.25, 0.3) is 0 Å². The van der Waals surface area contributed by atoms with Crippen LogP contribution in [0, 0.1) is 0 Å². The summed E-state index contributed by atoms with van der Waals surface area (Å²) in [6.07, 6.45) is 5.55. The number of nitrogens with zero attached hydrogens (tertiary/aromatic N) is 3. The van der Waals surface area contributed by atoms with E-state index in [1.165, 1.54) is 0 Å². The van der Waals surface area contributed by atoms with Crippen molar-refractivity contribution in [2.24, 2.45) is 0 Å². The first-order chi connectivity index (χ1) is 10.1. The third-order valence-electron chi connectivity index (χ3n) is 4.29. The molecule has 0 aromatic carbocycles. The van der Waals surface area contributed by atoms with Crippen molar-refractivity contribution in [3.8, 4) is 0 Å². The second-order valence-electron chi connectivity index (χ2n) is 5.98. The number of aryl methyl sites for hydroxylation is 1. The van der Waals surface area contributed by atoms with Crippen molar-refractivity contribution in [2.45, 2.75) is 45.3 Å². The molecule has 1 aliphatic rings. The van der Waals surface area contributed by atoms with Crippen molar-refractivity contribution in [3.63, 3.8) is 0 Å². The van der Waals surface area contributed by atoms with E-state index in [0.717, 1.165) is 26.1 Å². The number of piperazine rings is 1. The Morgan fingerprint density at radius 1 is 1.14 bits per heavy atom. The van der Waals surface area contributed by atoms with Gasteiger partial charge in [0.2, 0.25) is 5.91 Å². The molecule has 0 aliphatic carbocycles. The molecule has 1 aromatic rings. The number of hydrogen-bond donors (Lipinski definition) is 1. The maximum Gasteiger partial charge on any atom is 0.222 e. The summed E-state index contributed by atoms with van der Waals surface area (Å²) in [6, 6.07) is 4.64. The number of aliphatic hydroxyl groups excluding tert-OH is 1. The summed E-state index contributed by atoms with van der Waals surface area (Å²) in [6.45, 7) is 7.57. The van der Waals surface area contributed by atoms with Crippen molar-refractivity contribution in [2.75, 3.05) is 26.2 Å². The highest BCUT2D eigenvalue weighted by Crippen LogP contribution is 2.16. The maximum atomic E-state index is 12.3. The van der Waals surface area contributed by atoms with Gasteiger partial charge in [-0.1, -0.05) is 0 Å². The number of aliphatic hydroxyl groups is 1. The monoisotopic (exact) mass is 293 g/mol. The molecule has 1 aromatic heterocycles. The van der Waals surface area contributed by atoms with E-state index in [0.29, 0.717) is 25.0 Å². The molecule has 5 heteroatoms. The van der Waals surface area contributed by atoms with Crippen molar-refractivity contribution >= 4 is 5.91 Å². The fraction of sp³-hybridized carbons (Fsp3) is 0.688. The molecule has 1 N–H and O–H groups in total. The molecular formula is C16H27N3O2. The second-order valence-corrected chi connectivity index (χ2v) is 5.98. The molecule has 2 rings (SSSR count). The molecule has 0 saturated carbocycles. The van der Waals surface area contributed by atoms with Gasteiger partial charge in [0.05, 0.1) is 6.61 Å². The third kappa shape index (κ3) is 4.32. The Balaban J connectivity index is 1.78. The number of hydrogen-bond acceptors (Lipinski definition) is 3. The van der Waals surface area contributed by atoms with Crippen LogP contribution in [0.5, 0.6) is 0 Å². The Morgan fingerprint density at radius 2 is 1.76 bits per heavy atom. The van der Waals surface area contributed by atoms with Crippen LogP contribution in [0.3, 0.4) is 0 Å². The molecule has 0 bridgehead atoms. The summed E-state index contributed by atoms with van der Waals surface area (Å²) in [5.41, 5.74) is 0. The molecule has 1 amide bonds. The number of rotatable bonds is 6. The van der Waals surface area contributed by atoms with E-state index in [4.69, 9.17) is 5.11 Å². The highest BCUT2D eigenvalue weighted by Gasteiger charge is 2.30. The molecule has 118 valence electrons. The Morgan fingerprint density at radius 3 is 2.33 bits per heavy atom. The number of β-amino-alcohol motifs (C(OH)–C–C–N with tert-alkyl or cyclic N) is 1. The van der Waals surface area contributed by atoms with Gasteiger partial charge in [0, 0.05) is 57.1 Å². The molecule has 2 atom stereocenters. The zero-order valence-electron chi connectivity index (χ0n) is 13.1. The average molecular weight is 293 g/mol. The summed E-state index contributed by atoms with van der Waals surface area (Å²) in [7, 11) is 0. The van der Waals surface area contributed by atoms with E-state index in [1.807, 2.05) is 29.4 Å². The van der Waals surface area contributed by atoms with Crippen LogP contribution in [0.15, 0.2) is 24.5 Å². The van der Waals surface area contributed by atoms with Crippen LogP contribution in [0.1, 0.15) is 26.7 Å². The highest BCUT2D eigenvalue weighted by atomic mass is 16.3. The summed E-state index contributed by atoms with van der Waals surface area (Å²) in [5, 5.41) is 9.11. The van der Waals surface area contributed by atoms with E-state index in [1.54, 1.807) is 0 Å². The summed E-state index contributed by atoms with van der Waals surface area (Å²) < 4.78 is 2.11. The fourth-order valence-electron chi connectivity index (χ4n) is 3.21. The third-order valence-corrected chi connectivity index (χ3v) is 4.29. The average Bonchev–Trinajstić information content (AvgIpc) is 2.95. The van der Waals surface area contributed by atoms with Gasteiger partial charge in [0.15, 0.2) is 0 Å². The summed E-state index contributed by atoms with van der Waals surface area (Å²) >= 11 is 0. The van der Waals surface area contributed by atoms with Crippen LogP contribution >= 0.6 is 0 Å². The zero-order chi connectivity index (χ0) is 15.2. The van der Waals surface area contributed by atoms with Crippen molar-refractivity contribution in [1.29, 1.82) is 0 Å². The molecule has 0 radical (unpaired) electrons. The van der Waals surface area contributed by atoms with Gasteiger partial charge in [-0.05, 0) is 32.4 Å². The lowest BCUT2D eigenvalue weighted by Crippen LogP contribution is -2.58. The predicted octanol–water partition coefficient (Wildman–Crippen LogP) is 1.18. The predicted molar refractivity (Wildman–Crippen MR) is 83.0 cm³/mol. The largest absolute Gasteiger partial charge is 0.395 e. The van der Waals surface area contributed by atoms with Gasteiger partial charge in [0.25, 0.3) is 0 Å². The van der Waals surface area contributed by atoms with Gasteiger partial charge in [-0.3, -0.25) is 9.69 Å². The summed E-state index contributed by atoms with van der Waals surface area (Å²) in [5.74, 6) is 0.254. The second kappa shape index (κ2) is 7.61. The number of carbonyl (C=O) groups is 1. The number of amides is 1. The topological polar surface area (TPSA) is 48.7 Å². The normalized spacial score (nSPS) is 23.5. The molecule has 5 nitrogen and oxygen atoms in total. The van der Waals surface area contributed by atoms with Crippen LogP contribution in [0.4, 0.5) is 0 Å². The number of carbonyl (C=O) groups excluding carboxylic acids is 1. The fourth-order valence-corrected chi connectivity index (χ4v) is 3.21. The van der Waals surface area contributed by atoms with Crippen molar-refractivity contribution in [1.82, 2.24) is 14.4 Å². The standard InChI is InChI=1S/C16H27N3O2/c1-14-12-18(13-15(2)19(14)10-11-20)16(21)6-5-9-17-7-3-4-8-17/h3-4,7-8,14-15,20H,5-6,9-13H2,1-2H3/t14-,15+. The van der Waals surface area contributed by atoms with Gasteiger partial charge in [0.1, 0.15) is 0 Å². The Bertz CT molecular complexity index is 421. The van der Waals surface area contributed by atoms with E-state index in [9.17, 15) is 4.79 Å². The first-order valence-electron chi connectivity index (χ1n) is 7.87. The van der Waals surface area contributed by atoms with E-state index < -0.39 is 0 Å². The smallest absolute Gasteiger partial charge is 0.222 e. The van der Waals surface area contributed by atoms with Crippen LogP contribution in [-0.4, -0.2) is 63.7 Å². The molecule has 21 heavy (non-hydrogen) atoms. The highest BCUT2D eigenvalue weighted by molar-refractivity contribution is 5.76. The Hall–Kier alpha value is -1.33. The minimum Gasteiger partial charge on any atom is -0.395 e. The van der Waals surface area contributed by atoms with Crippen LogP contribution in [0.2, 0.25) is 0 Å². The maximum absolute atomic E-state index is 12.3. The Labute approximate surface area is 127 Å². The van der Waals surface area contributed by atoms with Crippen molar-refractivity contribution in [3.05, 3.63) is 24.5 Å². The first kappa shape index (κ1) is 16.0. The lowest BCUT2D eigenvalue weighted by atomic mass is 10.1. The molecule has 0 spiro atoms. The quantitative estimate of drug-likeness (QED) is 0.857. The van der Waals surface area contributed by atoms with Gasteiger partial charge < -0.3 is 14.6 Å². The summed E-state index contributed by atoms with van der Waals surface area (Å²) in [4.78, 5) is 16.6. The lowest BCUT2D eigenvalue weighted by molar-refractivity contribution is -0.135. The lowest BCUT2D eigenvalue weighted by Gasteiger charge is -2.44. The molecule has 0 unspecified atom stereocenters. The van der Waals surface area contributed by atoms with Gasteiger partial charge >= 0.3 is 0 Å². The van der Waals surface area contributed by atoms with Gasteiger partial charge in [-0.2, -0.15) is 0 Å². The van der Waals surface area contributed by atoms with E-state index in [2.05, 4.69) is 23.3 Å². The van der Waals surface area contributed by atoms with E-state index >= 15 is 0 Å². The van der Waals surface area contributed by atoms with Gasteiger partial charge in [-0.15, -0.1) is 0 Å². The molecule has 1 aliphatic heterocycles. The molecule has 1 saturated heterocycles. The van der Waals surface area contributed by atoms with Gasteiger partial charge in [-0.25, -0.2) is 0 Å². The number of aromatic nitrogens is 1. The minimum atomic E-state index is 0.180. The minimum absolute atomic E-state index is 0.180. The van der Waals surface area contributed by atoms with Crippen LogP contribution < -0.4 is 0 Å². The first-order valence-corrected chi connectivity index (χ1v) is 7.87. The van der Waals surface area contributed by atoms with Crippen LogP contribution in [-0.2, 0) is 11.3 Å². The molecule has 1 fully saturated rings. The Kier molecular flexibility index (Phi) is 5.82. The van der Waals surface area contributed by atoms with E-state index in [-0.39, 0.29) is 12.5 Å². The SMILES string of the molecule is C[C@@H]1CN(C(=O)CCCn2cccc2)C[C@H](C)N1CCO. The molecule has 2 heterocycles.